The minimum absolute atomic E-state index is 0.0889. The van der Waals surface area contributed by atoms with Crippen LogP contribution in [0.3, 0.4) is 0 Å². The summed E-state index contributed by atoms with van der Waals surface area (Å²) in [6.45, 7) is 0. The molecule has 19 heavy (non-hydrogen) atoms. The zero-order valence-electron chi connectivity index (χ0n) is 9.80. The highest BCUT2D eigenvalue weighted by molar-refractivity contribution is 9.11. The van der Waals surface area contributed by atoms with E-state index in [2.05, 4.69) is 26.2 Å². The standard InChI is InChI=1S/C12H10BrN3O2S/c13-10-6-14-12(19-10)15-11(18)8-3-4-9(17)7-2-1-5-16(7)8/h1-2,5-6,8H,3-4H2,(H,14,15,18). The first-order valence-corrected chi connectivity index (χ1v) is 7.38. The highest BCUT2D eigenvalue weighted by Gasteiger charge is 2.29. The van der Waals surface area contributed by atoms with Gasteiger partial charge in [-0.15, -0.1) is 0 Å². The third-order valence-corrected chi connectivity index (χ3v) is 4.45. The maximum absolute atomic E-state index is 12.3. The van der Waals surface area contributed by atoms with Crippen LogP contribution in [-0.4, -0.2) is 21.2 Å². The van der Waals surface area contributed by atoms with Crippen molar-refractivity contribution in [2.45, 2.75) is 18.9 Å². The molecule has 0 radical (unpaired) electrons. The van der Waals surface area contributed by atoms with E-state index in [1.165, 1.54) is 11.3 Å². The van der Waals surface area contributed by atoms with Crippen molar-refractivity contribution in [2.24, 2.45) is 0 Å². The number of nitrogens with one attached hydrogen (secondary N) is 1. The third kappa shape index (κ3) is 2.35. The van der Waals surface area contributed by atoms with Crippen molar-refractivity contribution < 1.29 is 9.59 Å². The topological polar surface area (TPSA) is 64.0 Å². The van der Waals surface area contributed by atoms with Crippen LogP contribution in [0.1, 0.15) is 29.4 Å². The number of nitrogens with zero attached hydrogens (tertiary/aromatic N) is 2. The van der Waals surface area contributed by atoms with Crippen molar-refractivity contribution in [1.82, 2.24) is 9.55 Å². The number of amides is 1. The van der Waals surface area contributed by atoms with Crippen LogP contribution in [0.5, 0.6) is 0 Å². The Labute approximate surface area is 121 Å². The molecule has 0 aliphatic carbocycles. The van der Waals surface area contributed by atoms with Crippen LogP contribution < -0.4 is 5.32 Å². The van der Waals surface area contributed by atoms with Crippen molar-refractivity contribution in [3.8, 4) is 0 Å². The summed E-state index contributed by atoms with van der Waals surface area (Å²) in [7, 11) is 0. The molecule has 0 spiro atoms. The van der Waals surface area contributed by atoms with Gasteiger partial charge in [-0.05, 0) is 34.5 Å². The first kappa shape index (κ1) is 12.6. The average Bonchev–Trinajstić information content (AvgIpc) is 2.99. The predicted molar refractivity (Wildman–Crippen MR) is 75.5 cm³/mol. The minimum atomic E-state index is -0.342. The molecule has 5 nitrogen and oxygen atoms in total. The molecule has 1 atom stereocenters. The molecule has 7 heteroatoms. The highest BCUT2D eigenvalue weighted by Crippen LogP contribution is 2.28. The number of carbonyl (C=O) groups excluding carboxylic acids is 2. The van der Waals surface area contributed by atoms with E-state index in [9.17, 15) is 9.59 Å². The molecule has 1 N–H and O–H groups in total. The number of anilines is 1. The summed E-state index contributed by atoms with van der Waals surface area (Å²) in [5.41, 5.74) is 0.603. The first-order valence-electron chi connectivity index (χ1n) is 5.77. The fourth-order valence-electron chi connectivity index (χ4n) is 2.20. The molecule has 2 aromatic rings. The molecule has 0 saturated carbocycles. The van der Waals surface area contributed by atoms with E-state index in [-0.39, 0.29) is 17.7 Å². The molecule has 0 bridgehead atoms. The number of hydrogen-bond donors (Lipinski definition) is 1. The number of Topliss-reactive ketones (excluding diaryl/α,β-unsaturated/α-hetero) is 1. The molecule has 3 heterocycles. The van der Waals surface area contributed by atoms with Crippen LogP contribution in [0.4, 0.5) is 5.13 Å². The monoisotopic (exact) mass is 339 g/mol. The van der Waals surface area contributed by atoms with E-state index in [1.54, 1.807) is 29.1 Å². The van der Waals surface area contributed by atoms with Gasteiger partial charge >= 0.3 is 0 Å². The summed E-state index contributed by atoms with van der Waals surface area (Å²) < 4.78 is 2.60. The quantitative estimate of drug-likeness (QED) is 0.914. The van der Waals surface area contributed by atoms with Gasteiger partial charge in [0.25, 0.3) is 0 Å². The lowest BCUT2D eigenvalue weighted by atomic mass is 10.0. The van der Waals surface area contributed by atoms with Crippen molar-refractivity contribution in [3.63, 3.8) is 0 Å². The second-order valence-corrected chi connectivity index (χ2v) is 6.65. The van der Waals surface area contributed by atoms with Gasteiger partial charge in [0.15, 0.2) is 10.9 Å². The Balaban J connectivity index is 1.82. The Morgan fingerprint density at radius 2 is 2.42 bits per heavy atom. The van der Waals surface area contributed by atoms with E-state index in [4.69, 9.17) is 0 Å². The Morgan fingerprint density at radius 3 is 3.16 bits per heavy atom. The summed E-state index contributed by atoms with van der Waals surface area (Å²) in [5, 5.41) is 3.34. The van der Waals surface area contributed by atoms with Gasteiger partial charge in [-0.1, -0.05) is 11.3 Å². The number of hydrogen-bond acceptors (Lipinski definition) is 4. The van der Waals surface area contributed by atoms with Gasteiger partial charge in [0.05, 0.1) is 15.7 Å². The summed E-state index contributed by atoms with van der Waals surface area (Å²) in [6.07, 6.45) is 4.35. The van der Waals surface area contributed by atoms with Gasteiger partial charge in [0.1, 0.15) is 6.04 Å². The minimum Gasteiger partial charge on any atom is -0.333 e. The lowest BCUT2D eigenvalue weighted by Crippen LogP contribution is -2.31. The van der Waals surface area contributed by atoms with Crippen LogP contribution in [-0.2, 0) is 4.79 Å². The van der Waals surface area contributed by atoms with Crippen molar-refractivity contribution in [3.05, 3.63) is 34.0 Å². The fourth-order valence-corrected chi connectivity index (χ4v) is 3.30. The fraction of sp³-hybridized carbons (Fsp3) is 0.250. The molecule has 1 aliphatic heterocycles. The van der Waals surface area contributed by atoms with Crippen LogP contribution in [0.15, 0.2) is 28.3 Å². The molecule has 1 amide bonds. The van der Waals surface area contributed by atoms with Gasteiger partial charge in [0.2, 0.25) is 5.91 Å². The van der Waals surface area contributed by atoms with Crippen molar-refractivity contribution in [2.75, 3.05) is 5.32 Å². The second kappa shape index (κ2) is 4.90. The molecule has 0 aromatic carbocycles. The van der Waals surface area contributed by atoms with Crippen molar-refractivity contribution >= 4 is 44.1 Å². The van der Waals surface area contributed by atoms with Crippen molar-refractivity contribution in [1.29, 1.82) is 0 Å². The van der Waals surface area contributed by atoms with Gasteiger partial charge in [-0.2, -0.15) is 0 Å². The summed E-state index contributed by atoms with van der Waals surface area (Å²) in [6, 6.07) is 3.20. The third-order valence-electron chi connectivity index (χ3n) is 3.06. The Bertz CT molecular complexity index is 649. The summed E-state index contributed by atoms with van der Waals surface area (Å²) in [4.78, 5) is 28.0. The van der Waals surface area contributed by atoms with Gasteiger partial charge < -0.3 is 9.88 Å². The SMILES string of the molecule is O=C1CCC(C(=O)Nc2ncc(Br)s2)n2cccc21. The molecule has 0 fully saturated rings. The summed E-state index contributed by atoms with van der Waals surface area (Å²) >= 11 is 4.66. The van der Waals surface area contributed by atoms with E-state index < -0.39 is 0 Å². The Hall–Kier alpha value is -1.47. The van der Waals surface area contributed by atoms with Crippen LogP contribution in [0, 0.1) is 0 Å². The Kier molecular flexibility index (Phi) is 3.24. The maximum Gasteiger partial charge on any atom is 0.249 e. The number of aromatic nitrogens is 2. The molecular weight excluding hydrogens is 330 g/mol. The molecule has 98 valence electrons. The maximum atomic E-state index is 12.3. The zero-order valence-corrected chi connectivity index (χ0v) is 12.2. The van der Waals surface area contributed by atoms with Crippen LogP contribution in [0.25, 0.3) is 0 Å². The molecule has 0 saturated heterocycles. The number of halogens is 1. The van der Waals surface area contributed by atoms with Crippen LogP contribution in [0.2, 0.25) is 0 Å². The lowest BCUT2D eigenvalue weighted by molar-refractivity contribution is -0.119. The molecule has 1 aliphatic rings. The van der Waals surface area contributed by atoms with Gasteiger partial charge in [-0.3, -0.25) is 9.59 Å². The van der Waals surface area contributed by atoms with E-state index in [1.807, 2.05) is 0 Å². The predicted octanol–water partition coefficient (Wildman–Crippen LogP) is 2.86. The number of thiazole rings is 1. The lowest BCUT2D eigenvalue weighted by Gasteiger charge is -2.24. The number of ketones is 1. The molecular formula is C12H10BrN3O2S. The zero-order chi connectivity index (χ0) is 13.4. The second-order valence-electron chi connectivity index (χ2n) is 4.24. The number of fused-ring (bicyclic) bond motifs is 1. The molecule has 2 aromatic heterocycles. The number of rotatable bonds is 2. The molecule has 1 unspecified atom stereocenters. The molecule has 3 rings (SSSR count). The number of carbonyl (C=O) groups is 2. The van der Waals surface area contributed by atoms with Crippen LogP contribution >= 0.6 is 27.3 Å². The van der Waals surface area contributed by atoms with E-state index in [0.717, 1.165) is 3.79 Å². The Morgan fingerprint density at radius 1 is 1.58 bits per heavy atom. The first-order chi connectivity index (χ1) is 9.15. The largest absolute Gasteiger partial charge is 0.333 e. The van der Waals surface area contributed by atoms with Gasteiger partial charge in [-0.25, -0.2) is 4.98 Å². The average molecular weight is 340 g/mol. The normalized spacial score (nSPS) is 18.2. The van der Waals surface area contributed by atoms with Gasteiger partial charge in [0, 0.05) is 12.6 Å². The van der Waals surface area contributed by atoms with E-state index in [0.29, 0.717) is 23.7 Å². The van der Waals surface area contributed by atoms with E-state index >= 15 is 0 Å². The highest BCUT2D eigenvalue weighted by atomic mass is 79.9. The summed E-state index contributed by atoms with van der Waals surface area (Å²) in [5.74, 6) is -0.0437. The smallest absolute Gasteiger partial charge is 0.249 e.